The van der Waals surface area contributed by atoms with Crippen molar-refractivity contribution in [2.45, 2.75) is 32.6 Å². The maximum Gasteiger partial charge on any atom is 0.235 e. The van der Waals surface area contributed by atoms with Crippen molar-refractivity contribution in [2.75, 3.05) is 0 Å². The van der Waals surface area contributed by atoms with Gasteiger partial charge in [0.15, 0.2) is 0 Å². The Morgan fingerprint density at radius 3 is 2.89 bits per heavy atom. The van der Waals surface area contributed by atoms with E-state index in [0.717, 1.165) is 0 Å². The number of rotatable bonds is 1. The fourth-order valence-electron chi connectivity index (χ4n) is 3.67. The van der Waals surface area contributed by atoms with E-state index < -0.39 is 0 Å². The zero-order chi connectivity index (χ0) is 12.5. The Kier molecular flexibility index (Phi) is 3.06. The summed E-state index contributed by atoms with van der Waals surface area (Å²) >= 11 is 0. The predicted octanol–water partition coefficient (Wildman–Crippen LogP) is 3.15. The molecule has 18 heavy (non-hydrogen) atoms. The van der Waals surface area contributed by atoms with Crippen LogP contribution in [0.15, 0.2) is 30.9 Å². The molecule has 3 nitrogen and oxygen atoms in total. The topological polar surface area (TPSA) is 34.9 Å². The third-order valence-electron chi connectivity index (χ3n) is 4.61. The second kappa shape index (κ2) is 4.71. The Labute approximate surface area is 108 Å². The highest BCUT2D eigenvalue weighted by Crippen LogP contribution is 2.43. The number of carbonyl (C=O) groups excluding carboxylic acids is 1. The third-order valence-corrected chi connectivity index (χ3v) is 4.61. The molecule has 4 atom stereocenters. The minimum absolute atomic E-state index is 0.134. The molecule has 1 heterocycles. The Morgan fingerprint density at radius 1 is 1.28 bits per heavy atom. The van der Waals surface area contributed by atoms with Crippen LogP contribution in [0.25, 0.3) is 0 Å². The first-order valence-corrected chi connectivity index (χ1v) is 6.98. The van der Waals surface area contributed by atoms with Gasteiger partial charge in [0.05, 0.1) is 0 Å². The molecular weight excluding hydrogens is 224 g/mol. The smallest absolute Gasteiger partial charge is 0.235 e. The van der Waals surface area contributed by atoms with E-state index in [1.54, 1.807) is 23.3 Å². The van der Waals surface area contributed by atoms with Gasteiger partial charge in [0, 0.05) is 18.3 Å². The van der Waals surface area contributed by atoms with Gasteiger partial charge in [-0.05, 0) is 30.6 Å². The van der Waals surface area contributed by atoms with E-state index in [-0.39, 0.29) is 11.8 Å². The number of aromatic nitrogens is 2. The second-order valence-corrected chi connectivity index (χ2v) is 5.69. The number of carbonyl (C=O) groups is 1. The molecule has 3 rings (SSSR count). The van der Waals surface area contributed by atoms with Gasteiger partial charge >= 0.3 is 0 Å². The van der Waals surface area contributed by atoms with Crippen LogP contribution >= 0.6 is 0 Å². The fourth-order valence-corrected chi connectivity index (χ4v) is 3.67. The lowest BCUT2D eigenvalue weighted by molar-refractivity contribution is 0.0640. The number of nitrogens with zero attached hydrogens (tertiary/aromatic N) is 2. The van der Waals surface area contributed by atoms with E-state index in [4.69, 9.17) is 0 Å². The van der Waals surface area contributed by atoms with E-state index >= 15 is 0 Å². The first-order chi connectivity index (χ1) is 8.77. The van der Waals surface area contributed by atoms with Crippen LogP contribution in [0.2, 0.25) is 0 Å². The largest absolute Gasteiger partial charge is 0.276 e. The molecule has 0 unspecified atom stereocenters. The summed E-state index contributed by atoms with van der Waals surface area (Å²) in [6, 6.07) is 0. The normalized spacial score (nSPS) is 35.2. The van der Waals surface area contributed by atoms with Crippen molar-refractivity contribution < 1.29 is 4.79 Å². The molecule has 0 spiro atoms. The molecule has 2 aliphatic rings. The molecule has 0 radical (unpaired) electrons. The third kappa shape index (κ3) is 1.92. The number of imidazole rings is 1. The van der Waals surface area contributed by atoms with Gasteiger partial charge in [-0.3, -0.25) is 9.36 Å². The SMILES string of the molecule is C[C@@H]1C=C[C@@H]2CCCC[C@H]2[C@@H]1C(=O)n1ccnc1. The summed E-state index contributed by atoms with van der Waals surface area (Å²) in [5.41, 5.74) is 0. The number of hydrogen-bond acceptors (Lipinski definition) is 2. The van der Waals surface area contributed by atoms with Gasteiger partial charge in [-0.25, -0.2) is 4.98 Å². The number of fused-ring (bicyclic) bond motifs is 1. The summed E-state index contributed by atoms with van der Waals surface area (Å²) in [5.74, 6) is 1.86. The van der Waals surface area contributed by atoms with E-state index in [0.29, 0.717) is 17.8 Å². The first kappa shape index (κ1) is 11.7. The van der Waals surface area contributed by atoms with Crippen LogP contribution in [0.4, 0.5) is 0 Å². The minimum Gasteiger partial charge on any atom is -0.276 e. The molecule has 0 amide bonds. The van der Waals surface area contributed by atoms with Crippen molar-refractivity contribution >= 4 is 5.91 Å². The molecule has 1 aromatic heterocycles. The Balaban J connectivity index is 1.89. The molecule has 96 valence electrons. The van der Waals surface area contributed by atoms with E-state index in [9.17, 15) is 4.79 Å². The average molecular weight is 244 g/mol. The first-order valence-electron chi connectivity index (χ1n) is 6.98. The van der Waals surface area contributed by atoms with Gasteiger partial charge in [-0.15, -0.1) is 0 Å². The summed E-state index contributed by atoms with van der Waals surface area (Å²) in [5, 5.41) is 0. The maximum absolute atomic E-state index is 12.6. The molecule has 2 aliphatic carbocycles. The molecule has 3 heteroatoms. The number of hydrogen-bond donors (Lipinski definition) is 0. The van der Waals surface area contributed by atoms with Crippen molar-refractivity contribution in [2.24, 2.45) is 23.7 Å². The lowest BCUT2D eigenvalue weighted by Crippen LogP contribution is -2.39. The molecule has 1 fully saturated rings. The van der Waals surface area contributed by atoms with Gasteiger partial charge in [0.25, 0.3) is 0 Å². The lowest BCUT2D eigenvalue weighted by Gasteiger charge is -2.40. The van der Waals surface area contributed by atoms with Gasteiger partial charge in [-0.1, -0.05) is 31.9 Å². The van der Waals surface area contributed by atoms with Crippen LogP contribution in [-0.2, 0) is 0 Å². The van der Waals surface area contributed by atoms with Crippen LogP contribution in [0, 0.1) is 23.7 Å². The van der Waals surface area contributed by atoms with Crippen molar-refractivity contribution in [3.63, 3.8) is 0 Å². The molecule has 1 saturated carbocycles. The summed E-state index contributed by atoms with van der Waals surface area (Å²) < 4.78 is 1.66. The van der Waals surface area contributed by atoms with E-state index in [1.807, 2.05) is 0 Å². The summed E-state index contributed by atoms with van der Waals surface area (Å²) in [4.78, 5) is 16.6. The van der Waals surface area contributed by atoms with E-state index in [1.165, 1.54) is 25.7 Å². The zero-order valence-corrected chi connectivity index (χ0v) is 10.8. The Hall–Kier alpha value is -1.38. The molecule has 0 aliphatic heterocycles. The van der Waals surface area contributed by atoms with Crippen molar-refractivity contribution in [3.8, 4) is 0 Å². The van der Waals surface area contributed by atoms with Gasteiger partial charge < -0.3 is 0 Å². The van der Waals surface area contributed by atoms with Gasteiger partial charge in [0.2, 0.25) is 5.91 Å². The molecule has 0 bridgehead atoms. The van der Waals surface area contributed by atoms with Gasteiger partial charge in [0.1, 0.15) is 6.33 Å². The maximum atomic E-state index is 12.6. The monoisotopic (exact) mass is 244 g/mol. The highest BCUT2D eigenvalue weighted by Gasteiger charge is 2.40. The summed E-state index contributed by atoms with van der Waals surface area (Å²) in [6.45, 7) is 2.17. The highest BCUT2D eigenvalue weighted by molar-refractivity contribution is 5.82. The summed E-state index contributed by atoms with van der Waals surface area (Å²) in [7, 11) is 0. The fraction of sp³-hybridized carbons (Fsp3) is 0.600. The lowest BCUT2D eigenvalue weighted by atomic mass is 9.65. The van der Waals surface area contributed by atoms with Crippen LogP contribution in [0.3, 0.4) is 0 Å². The quantitative estimate of drug-likeness (QED) is 0.711. The number of allylic oxidation sites excluding steroid dienone is 2. The summed E-state index contributed by atoms with van der Waals surface area (Å²) in [6.07, 6.45) is 14.7. The van der Waals surface area contributed by atoms with Crippen LogP contribution in [-0.4, -0.2) is 15.5 Å². The van der Waals surface area contributed by atoms with Gasteiger partial charge in [-0.2, -0.15) is 0 Å². The van der Waals surface area contributed by atoms with E-state index in [2.05, 4.69) is 24.1 Å². The van der Waals surface area contributed by atoms with Crippen molar-refractivity contribution in [1.29, 1.82) is 0 Å². The minimum atomic E-state index is 0.134. The van der Waals surface area contributed by atoms with Crippen LogP contribution in [0.5, 0.6) is 0 Å². The van der Waals surface area contributed by atoms with Crippen LogP contribution in [0.1, 0.15) is 37.4 Å². The molecular formula is C15H20N2O. The average Bonchev–Trinajstić information content (AvgIpc) is 2.92. The predicted molar refractivity (Wildman–Crippen MR) is 70.1 cm³/mol. The Morgan fingerprint density at radius 2 is 2.11 bits per heavy atom. The molecule has 1 aromatic rings. The standard InChI is InChI=1S/C15H20N2O/c1-11-6-7-12-4-2-3-5-13(12)14(11)15(18)17-9-8-16-10-17/h6-14H,2-5H2,1H3/t11-,12+,13-,14-/m1/s1. The zero-order valence-electron chi connectivity index (χ0n) is 10.8. The van der Waals surface area contributed by atoms with Crippen molar-refractivity contribution in [1.82, 2.24) is 9.55 Å². The molecule has 0 aromatic carbocycles. The van der Waals surface area contributed by atoms with Crippen LogP contribution < -0.4 is 0 Å². The highest BCUT2D eigenvalue weighted by atomic mass is 16.2. The molecule has 0 N–H and O–H groups in total. The molecule has 0 saturated heterocycles. The Bertz CT molecular complexity index is 449. The van der Waals surface area contributed by atoms with Crippen molar-refractivity contribution in [3.05, 3.63) is 30.9 Å². The second-order valence-electron chi connectivity index (χ2n) is 5.69.